The number of nitrogens with two attached hydrogens (primary N) is 1. The van der Waals surface area contributed by atoms with E-state index in [9.17, 15) is 14.0 Å². The van der Waals surface area contributed by atoms with Crippen molar-refractivity contribution in [3.05, 3.63) is 54.3 Å². The van der Waals surface area contributed by atoms with E-state index in [0.717, 1.165) is 23.6 Å². The smallest absolute Gasteiger partial charge is 0.240 e. The molecule has 1 atom stereocenters. The lowest BCUT2D eigenvalue weighted by Crippen LogP contribution is -2.47. The zero-order valence-corrected chi connectivity index (χ0v) is 24.4. The van der Waals surface area contributed by atoms with Gasteiger partial charge in [-0.2, -0.15) is 15.0 Å². The van der Waals surface area contributed by atoms with Crippen molar-refractivity contribution in [2.24, 2.45) is 11.7 Å². The summed E-state index contributed by atoms with van der Waals surface area (Å²) in [5.41, 5.74) is 6.38. The highest BCUT2D eigenvalue weighted by Crippen LogP contribution is 2.30. The van der Waals surface area contributed by atoms with E-state index >= 15 is 0 Å². The van der Waals surface area contributed by atoms with Crippen molar-refractivity contribution in [3.63, 3.8) is 0 Å². The highest BCUT2D eigenvalue weighted by atomic mass is 32.2. The molecule has 218 valence electrons. The van der Waals surface area contributed by atoms with E-state index < -0.39 is 17.8 Å². The monoisotopic (exact) mass is 581 g/mol. The van der Waals surface area contributed by atoms with Crippen LogP contribution >= 0.6 is 11.8 Å². The summed E-state index contributed by atoms with van der Waals surface area (Å²) in [6.45, 7) is 5.74. The fraction of sp³-hybridized carbons (Fsp3) is 0.414. The van der Waals surface area contributed by atoms with E-state index in [4.69, 9.17) is 15.5 Å². The van der Waals surface area contributed by atoms with Crippen LogP contribution in [0.25, 0.3) is 0 Å². The van der Waals surface area contributed by atoms with Gasteiger partial charge in [-0.25, -0.2) is 4.39 Å². The van der Waals surface area contributed by atoms with Crippen LogP contribution in [0.5, 0.6) is 5.75 Å². The van der Waals surface area contributed by atoms with E-state index in [0.29, 0.717) is 43.2 Å². The molecule has 1 saturated heterocycles. The Bertz CT molecular complexity index is 1340. The van der Waals surface area contributed by atoms with Crippen LogP contribution in [-0.2, 0) is 9.59 Å². The number of hydrogen-bond acceptors (Lipinski definition) is 9. The Morgan fingerprint density at radius 1 is 1.20 bits per heavy atom. The van der Waals surface area contributed by atoms with Crippen LogP contribution in [0.2, 0.25) is 0 Å². The maximum Gasteiger partial charge on any atom is 0.240 e. The number of primary amides is 1. The van der Waals surface area contributed by atoms with E-state index in [2.05, 4.69) is 15.3 Å². The van der Waals surface area contributed by atoms with Crippen molar-refractivity contribution in [1.29, 1.82) is 0 Å². The third-order valence-electron chi connectivity index (χ3n) is 6.61. The van der Waals surface area contributed by atoms with Gasteiger partial charge in [0.05, 0.1) is 7.11 Å². The first kappa shape index (κ1) is 30.0. The molecule has 0 saturated carbocycles. The Morgan fingerprint density at radius 3 is 2.61 bits per heavy atom. The van der Waals surface area contributed by atoms with E-state index in [-0.39, 0.29) is 23.7 Å². The summed E-state index contributed by atoms with van der Waals surface area (Å²) < 4.78 is 19.2. The van der Waals surface area contributed by atoms with Gasteiger partial charge in [0.2, 0.25) is 23.7 Å². The molecule has 10 nitrogen and oxygen atoms in total. The molecule has 1 fully saturated rings. The summed E-state index contributed by atoms with van der Waals surface area (Å²) in [7, 11) is 1.60. The zero-order chi connectivity index (χ0) is 29.4. The molecule has 0 radical (unpaired) electrons. The minimum absolute atomic E-state index is 0.144. The van der Waals surface area contributed by atoms with Crippen molar-refractivity contribution in [3.8, 4) is 5.75 Å². The minimum Gasteiger partial charge on any atom is -0.497 e. The third kappa shape index (κ3) is 8.53. The van der Waals surface area contributed by atoms with Gasteiger partial charge in [0.1, 0.15) is 17.6 Å². The summed E-state index contributed by atoms with van der Waals surface area (Å²) in [4.78, 5) is 43.4. The molecule has 3 aromatic rings. The van der Waals surface area contributed by atoms with Crippen molar-refractivity contribution in [1.82, 2.24) is 19.9 Å². The molecular formula is C29H36FN7O3S. The second-order valence-corrected chi connectivity index (χ2v) is 11.3. The average Bonchev–Trinajstić information content (AvgIpc) is 3.34. The Morgan fingerprint density at radius 2 is 1.98 bits per heavy atom. The normalized spacial score (nSPS) is 13.9. The predicted molar refractivity (Wildman–Crippen MR) is 157 cm³/mol. The number of amides is 2. The Balaban J connectivity index is 1.70. The summed E-state index contributed by atoms with van der Waals surface area (Å²) in [6, 6.07) is 12.8. The van der Waals surface area contributed by atoms with E-state index in [1.54, 1.807) is 24.1 Å². The number of ether oxygens (including phenoxy) is 1. The lowest BCUT2D eigenvalue weighted by molar-refractivity contribution is -0.127. The molecule has 1 aliphatic rings. The van der Waals surface area contributed by atoms with Crippen LogP contribution in [0.3, 0.4) is 0 Å². The highest BCUT2D eigenvalue weighted by molar-refractivity contribution is 7.99. The van der Waals surface area contributed by atoms with Crippen LogP contribution in [0.15, 0.2) is 58.6 Å². The second kappa shape index (κ2) is 14.1. The second-order valence-electron chi connectivity index (χ2n) is 10.2. The van der Waals surface area contributed by atoms with Gasteiger partial charge in [-0.15, -0.1) is 0 Å². The van der Waals surface area contributed by atoms with Crippen molar-refractivity contribution in [2.75, 3.05) is 37.0 Å². The maximum absolute atomic E-state index is 13.9. The number of methoxy groups -OCH3 is 1. The zero-order valence-electron chi connectivity index (χ0n) is 23.5. The summed E-state index contributed by atoms with van der Waals surface area (Å²) in [6.07, 6.45) is 2.52. The number of benzene rings is 2. The quantitative estimate of drug-likeness (QED) is 0.280. The first-order valence-electron chi connectivity index (χ1n) is 13.7. The highest BCUT2D eigenvalue weighted by Gasteiger charge is 2.29. The number of rotatable bonds is 14. The first-order chi connectivity index (χ1) is 19.7. The fourth-order valence-electron chi connectivity index (χ4n) is 4.63. The van der Waals surface area contributed by atoms with E-state index in [1.807, 2.05) is 43.0 Å². The van der Waals surface area contributed by atoms with Crippen molar-refractivity contribution >= 4 is 41.2 Å². The molecule has 41 heavy (non-hydrogen) atoms. The molecule has 2 amide bonds. The number of anilines is 3. The molecule has 3 N–H and O–H groups in total. The summed E-state index contributed by atoms with van der Waals surface area (Å²) in [5.74, 6) is 0.623. The SMILES string of the molecule is COc1ccc(Sc2nc(Nc3cccc(F)c3)nc(N(CCCN3CCCC3=O)[C@@H](CC(C)C)C(N)=O)n2)cc1. The number of nitrogens with zero attached hydrogens (tertiary/aromatic N) is 5. The fourth-order valence-corrected chi connectivity index (χ4v) is 5.37. The van der Waals surface area contributed by atoms with E-state index in [1.165, 1.54) is 23.9 Å². The van der Waals surface area contributed by atoms with Crippen LogP contribution in [0, 0.1) is 11.7 Å². The number of halogens is 1. The maximum atomic E-state index is 13.9. The predicted octanol–water partition coefficient (Wildman–Crippen LogP) is 4.63. The van der Waals surface area contributed by atoms with Gasteiger partial charge in [0.25, 0.3) is 0 Å². The number of nitrogens with one attached hydrogen (secondary N) is 1. The number of carbonyl (C=O) groups excluding carboxylic acids is 2. The van der Waals surface area contributed by atoms with Crippen LogP contribution in [0.4, 0.5) is 22.0 Å². The van der Waals surface area contributed by atoms with Crippen LogP contribution in [0.1, 0.15) is 39.5 Å². The molecule has 12 heteroatoms. The van der Waals surface area contributed by atoms with Gasteiger partial charge in [-0.05, 0) is 79.4 Å². The lowest BCUT2D eigenvalue weighted by atomic mass is 10.0. The third-order valence-corrected chi connectivity index (χ3v) is 7.48. The molecule has 0 spiro atoms. The number of aromatic nitrogens is 3. The Hall–Kier alpha value is -3.93. The van der Waals surface area contributed by atoms with Crippen LogP contribution in [-0.4, -0.2) is 64.5 Å². The van der Waals surface area contributed by atoms with Crippen LogP contribution < -0.4 is 20.7 Å². The summed E-state index contributed by atoms with van der Waals surface area (Å²) >= 11 is 1.32. The summed E-state index contributed by atoms with van der Waals surface area (Å²) in [5, 5.41) is 3.45. The average molecular weight is 582 g/mol. The number of carbonyl (C=O) groups is 2. The standard InChI is InChI=1S/C29H36FN7O3S/c1-19(2)17-24(26(31)39)37(16-6-15-36-14-5-9-25(36)38)28-33-27(32-21-8-4-7-20(30)18-21)34-29(35-28)41-23-12-10-22(40-3)11-13-23/h4,7-8,10-13,18-19,24H,5-6,9,14-17H2,1-3H3,(H2,31,39)(H,32,33,34,35)/t24-/m0/s1. The van der Waals surface area contributed by atoms with Gasteiger partial charge >= 0.3 is 0 Å². The molecule has 1 aromatic heterocycles. The Kier molecular flexibility index (Phi) is 10.3. The molecule has 0 unspecified atom stereocenters. The van der Waals surface area contributed by atoms with Gasteiger partial charge in [0, 0.05) is 36.6 Å². The minimum atomic E-state index is -0.674. The van der Waals surface area contributed by atoms with Gasteiger partial charge in [0.15, 0.2) is 5.16 Å². The Labute approximate surface area is 243 Å². The van der Waals surface area contributed by atoms with Gasteiger partial charge < -0.3 is 25.6 Å². The lowest BCUT2D eigenvalue weighted by Gasteiger charge is -2.31. The number of hydrogen-bond donors (Lipinski definition) is 2. The largest absolute Gasteiger partial charge is 0.497 e. The van der Waals surface area contributed by atoms with Crippen molar-refractivity contribution in [2.45, 2.75) is 55.6 Å². The molecule has 2 heterocycles. The van der Waals surface area contributed by atoms with Gasteiger partial charge in [-0.1, -0.05) is 19.9 Å². The topological polar surface area (TPSA) is 127 Å². The molecule has 0 bridgehead atoms. The molecule has 4 rings (SSSR count). The molecule has 1 aliphatic heterocycles. The molecule has 0 aliphatic carbocycles. The first-order valence-corrected chi connectivity index (χ1v) is 14.5. The number of likely N-dealkylation sites (tertiary alicyclic amines) is 1. The molecule has 2 aromatic carbocycles. The molecular weight excluding hydrogens is 545 g/mol. The van der Waals surface area contributed by atoms with Crippen molar-refractivity contribution < 1.29 is 18.7 Å². The van der Waals surface area contributed by atoms with Gasteiger partial charge in [-0.3, -0.25) is 9.59 Å².